The van der Waals surface area contributed by atoms with E-state index in [9.17, 15) is 32.6 Å². The van der Waals surface area contributed by atoms with Gasteiger partial charge < -0.3 is 10.2 Å². The molecule has 0 bridgehead atoms. The van der Waals surface area contributed by atoms with Crippen molar-refractivity contribution >= 4 is 16.9 Å². The zero-order chi connectivity index (χ0) is 14.7. The summed E-state index contributed by atoms with van der Waals surface area (Å²) in [7, 11) is 0. The van der Waals surface area contributed by atoms with Gasteiger partial charge in [-0.05, 0) is 0 Å². The number of benzene rings is 1. The number of carbonyl (C=O) groups is 1. The third kappa shape index (κ3) is 3.68. The smallest absolute Gasteiger partial charge is 0.185 e. The molecule has 2 atom stereocenters. The molecular formula is C11H10F4O3S. The van der Waals surface area contributed by atoms with Crippen molar-refractivity contribution < 1.29 is 32.6 Å². The van der Waals surface area contributed by atoms with Gasteiger partial charge in [-0.2, -0.15) is 0 Å². The number of thioether (sulfide) groups is 1. The Hall–Kier alpha value is -1.12. The number of carbonyl (C=O) groups excluding carboxylic acids is 1. The third-order valence-electron chi connectivity index (χ3n) is 2.26. The minimum absolute atomic E-state index is 0.00239. The van der Waals surface area contributed by atoms with Crippen molar-refractivity contribution in [3.8, 4) is 0 Å². The molecule has 0 heterocycles. The Morgan fingerprint density at radius 3 is 2.11 bits per heavy atom. The SMILES string of the molecule is CC(=O)SCC(O)C(O)c1c(F)c(F)cc(F)c1F. The number of hydrogen-bond acceptors (Lipinski definition) is 4. The highest BCUT2D eigenvalue weighted by Crippen LogP contribution is 2.28. The van der Waals surface area contributed by atoms with Crippen molar-refractivity contribution in [3.63, 3.8) is 0 Å². The Morgan fingerprint density at radius 2 is 1.68 bits per heavy atom. The van der Waals surface area contributed by atoms with Crippen LogP contribution in [0.5, 0.6) is 0 Å². The van der Waals surface area contributed by atoms with Gasteiger partial charge in [-0.3, -0.25) is 4.79 Å². The fourth-order valence-corrected chi connectivity index (χ4v) is 1.93. The molecular weight excluding hydrogens is 288 g/mol. The number of aliphatic hydroxyl groups is 2. The standard InChI is InChI=1S/C11H10F4O3S/c1-4(16)19-3-7(17)11(18)8-9(14)5(12)2-6(13)10(8)15/h2,7,11,17-18H,3H2,1H3. The topological polar surface area (TPSA) is 57.5 Å². The molecule has 2 N–H and O–H groups in total. The predicted molar refractivity (Wildman–Crippen MR) is 60.4 cm³/mol. The predicted octanol–water partition coefficient (Wildman–Crippen LogP) is 1.92. The van der Waals surface area contributed by atoms with Crippen LogP contribution in [0.4, 0.5) is 17.6 Å². The maximum atomic E-state index is 13.3. The summed E-state index contributed by atoms with van der Waals surface area (Å²) >= 11 is 0.601. The number of aliphatic hydroxyl groups excluding tert-OH is 2. The summed E-state index contributed by atoms with van der Waals surface area (Å²) in [5.41, 5.74) is -1.30. The van der Waals surface area contributed by atoms with Crippen molar-refractivity contribution in [2.24, 2.45) is 0 Å². The van der Waals surface area contributed by atoms with Gasteiger partial charge in [-0.25, -0.2) is 17.6 Å². The maximum Gasteiger partial charge on any atom is 0.185 e. The Balaban J connectivity index is 3.05. The molecule has 0 spiro atoms. The van der Waals surface area contributed by atoms with Gasteiger partial charge in [0.05, 0.1) is 11.7 Å². The van der Waals surface area contributed by atoms with Crippen LogP contribution < -0.4 is 0 Å². The number of rotatable bonds is 4. The summed E-state index contributed by atoms with van der Waals surface area (Å²) in [5, 5.41) is 18.6. The lowest BCUT2D eigenvalue weighted by atomic mass is 10.0. The molecule has 8 heteroatoms. The molecule has 2 unspecified atom stereocenters. The Kier molecular flexibility index (Phi) is 5.33. The Morgan fingerprint density at radius 1 is 1.21 bits per heavy atom. The summed E-state index contributed by atoms with van der Waals surface area (Å²) in [5.74, 6) is -7.29. The molecule has 0 aromatic heterocycles. The van der Waals surface area contributed by atoms with E-state index in [0.29, 0.717) is 11.8 Å². The van der Waals surface area contributed by atoms with Crippen molar-refractivity contribution in [3.05, 3.63) is 34.9 Å². The average molecular weight is 298 g/mol. The van der Waals surface area contributed by atoms with Gasteiger partial charge in [0.2, 0.25) is 0 Å². The molecule has 19 heavy (non-hydrogen) atoms. The highest BCUT2D eigenvalue weighted by molar-refractivity contribution is 8.13. The first-order valence-corrected chi connectivity index (χ1v) is 6.06. The lowest BCUT2D eigenvalue weighted by molar-refractivity contribution is -0.109. The van der Waals surface area contributed by atoms with E-state index < -0.39 is 46.2 Å². The zero-order valence-corrected chi connectivity index (χ0v) is 10.5. The van der Waals surface area contributed by atoms with Crippen molar-refractivity contribution in [2.45, 2.75) is 19.1 Å². The highest BCUT2D eigenvalue weighted by atomic mass is 32.2. The van der Waals surface area contributed by atoms with E-state index in [-0.39, 0.29) is 11.8 Å². The lowest BCUT2D eigenvalue weighted by Gasteiger charge is -2.18. The molecule has 0 saturated carbocycles. The van der Waals surface area contributed by atoms with Crippen LogP contribution >= 0.6 is 11.8 Å². The van der Waals surface area contributed by atoms with Crippen molar-refractivity contribution in [1.29, 1.82) is 0 Å². The first kappa shape index (κ1) is 15.9. The van der Waals surface area contributed by atoms with Gasteiger partial charge in [0.1, 0.15) is 6.10 Å². The highest BCUT2D eigenvalue weighted by Gasteiger charge is 2.29. The summed E-state index contributed by atoms with van der Waals surface area (Å²) < 4.78 is 52.5. The maximum absolute atomic E-state index is 13.3. The van der Waals surface area contributed by atoms with Gasteiger partial charge in [0, 0.05) is 18.7 Å². The summed E-state index contributed by atoms with van der Waals surface area (Å²) in [6.45, 7) is 1.19. The van der Waals surface area contributed by atoms with Crippen molar-refractivity contribution in [2.75, 3.05) is 5.75 Å². The van der Waals surface area contributed by atoms with Gasteiger partial charge in [-0.15, -0.1) is 0 Å². The van der Waals surface area contributed by atoms with E-state index in [1.807, 2.05) is 0 Å². The zero-order valence-electron chi connectivity index (χ0n) is 9.66. The van der Waals surface area contributed by atoms with E-state index >= 15 is 0 Å². The Bertz CT molecular complexity index is 469. The van der Waals surface area contributed by atoms with Crippen LogP contribution in [0.2, 0.25) is 0 Å². The first-order chi connectivity index (χ1) is 8.75. The van der Waals surface area contributed by atoms with Crippen LogP contribution in [0.3, 0.4) is 0 Å². The molecule has 106 valence electrons. The summed E-state index contributed by atoms with van der Waals surface area (Å²) in [6.07, 6.45) is -3.93. The lowest BCUT2D eigenvalue weighted by Crippen LogP contribution is -2.24. The summed E-state index contributed by atoms with van der Waals surface area (Å²) in [6, 6.07) is -0.00239. The average Bonchev–Trinajstić information content (AvgIpc) is 2.33. The van der Waals surface area contributed by atoms with E-state index in [4.69, 9.17) is 0 Å². The minimum Gasteiger partial charge on any atom is -0.389 e. The molecule has 1 aromatic carbocycles. The van der Waals surface area contributed by atoms with Gasteiger partial charge >= 0.3 is 0 Å². The van der Waals surface area contributed by atoms with Gasteiger partial charge in [0.25, 0.3) is 0 Å². The first-order valence-electron chi connectivity index (χ1n) is 5.08. The molecule has 3 nitrogen and oxygen atoms in total. The third-order valence-corrected chi connectivity index (χ3v) is 3.18. The molecule has 0 aliphatic carbocycles. The largest absolute Gasteiger partial charge is 0.389 e. The van der Waals surface area contributed by atoms with Crippen LogP contribution in [0, 0.1) is 23.3 Å². The fourth-order valence-electron chi connectivity index (χ4n) is 1.34. The monoisotopic (exact) mass is 298 g/mol. The molecule has 0 aliphatic heterocycles. The number of halogens is 4. The summed E-state index contributed by atoms with van der Waals surface area (Å²) in [4.78, 5) is 10.7. The second kappa shape index (κ2) is 6.36. The molecule has 0 aliphatic rings. The quantitative estimate of drug-likeness (QED) is 0.658. The van der Waals surface area contributed by atoms with E-state index in [0.717, 1.165) is 0 Å². The molecule has 0 saturated heterocycles. The number of hydrogen-bond donors (Lipinski definition) is 2. The van der Waals surface area contributed by atoms with E-state index in [2.05, 4.69) is 0 Å². The molecule has 0 fully saturated rings. The Labute approximate surface area is 110 Å². The minimum atomic E-state index is -2.18. The fraction of sp³-hybridized carbons (Fsp3) is 0.364. The second-order valence-electron chi connectivity index (χ2n) is 3.70. The van der Waals surface area contributed by atoms with Crippen LogP contribution in [-0.4, -0.2) is 27.2 Å². The molecule has 0 radical (unpaired) electrons. The van der Waals surface area contributed by atoms with Crippen LogP contribution in [0.25, 0.3) is 0 Å². The van der Waals surface area contributed by atoms with Gasteiger partial charge in [-0.1, -0.05) is 11.8 Å². The van der Waals surface area contributed by atoms with Crippen LogP contribution in [0.15, 0.2) is 6.07 Å². The molecule has 0 amide bonds. The van der Waals surface area contributed by atoms with E-state index in [1.54, 1.807) is 0 Å². The molecule has 1 aromatic rings. The van der Waals surface area contributed by atoms with Crippen LogP contribution in [-0.2, 0) is 4.79 Å². The second-order valence-corrected chi connectivity index (χ2v) is 4.89. The molecule has 1 rings (SSSR count). The van der Waals surface area contributed by atoms with Crippen molar-refractivity contribution in [1.82, 2.24) is 0 Å². The van der Waals surface area contributed by atoms with Gasteiger partial charge in [0.15, 0.2) is 28.4 Å². The van der Waals surface area contributed by atoms with Crippen LogP contribution in [0.1, 0.15) is 18.6 Å². The van der Waals surface area contributed by atoms with E-state index in [1.165, 1.54) is 6.92 Å². The normalized spacial score (nSPS) is 14.3.